The first kappa shape index (κ1) is 30.9. The third kappa shape index (κ3) is 5.20. The maximum absolute atomic E-state index is 6.83. The van der Waals surface area contributed by atoms with Gasteiger partial charge in [-0.15, -0.1) is 0 Å². The number of fused-ring (bicyclic) bond motifs is 5. The molecule has 0 bridgehead atoms. The zero-order valence-electron chi connectivity index (χ0n) is 29.2. The van der Waals surface area contributed by atoms with E-state index < -0.39 is 0 Å². The van der Waals surface area contributed by atoms with Crippen molar-refractivity contribution >= 4 is 0 Å². The van der Waals surface area contributed by atoms with Crippen molar-refractivity contribution in [3.8, 4) is 90.5 Å². The number of ether oxygens (including phenoxy) is 2. The Morgan fingerprint density at radius 2 is 0.925 bits per heavy atom. The Labute approximate surface area is 308 Å². The molecule has 7 aromatic carbocycles. The van der Waals surface area contributed by atoms with Gasteiger partial charge in [0, 0.05) is 27.7 Å². The van der Waals surface area contributed by atoms with Crippen LogP contribution in [0, 0.1) is 0 Å². The molecule has 5 heteroatoms. The highest BCUT2D eigenvalue weighted by Gasteiger charge is 2.37. The van der Waals surface area contributed by atoms with Crippen LogP contribution in [0.4, 0.5) is 0 Å². The Balaban J connectivity index is 1.10. The van der Waals surface area contributed by atoms with Gasteiger partial charge in [-0.3, -0.25) is 0 Å². The largest absolute Gasteiger partial charge is 0.449 e. The average Bonchev–Trinajstić information content (AvgIpc) is 3.44. The molecule has 0 amide bonds. The zero-order valence-corrected chi connectivity index (χ0v) is 29.2. The highest BCUT2D eigenvalue weighted by atomic mass is 16.6. The van der Waals surface area contributed by atoms with E-state index in [1.807, 2.05) is 60.7 Å². The number of para-hydroxylation sites is 1. The fraction of sp³-hybridized carbons (Fsp3) is 0.0625. The Kier molecular flexibility index (Phi) is 7.08. The first-order chi connectivity index (χ1) is 26.0. The van der Waals surface area contributed by atoms with Crippen molar-refractivity contribution in [3.63, 3.8) is 0 Å². The standard InChI is InChI=1S/C48H33N3O2/c1-48(2)39-25-12-11-22-35(39)38-28-42-43(29-40(38)48)52-41-26-14-24-36(44(41)53-42)34-21-9-10-23-37(34)47-50-45(31-17-7-4-8-18-31)49-46(51-47)33-20-13-19-32(27-33)30-15-5-3-6-16-30/h3-29H,1-2H3. The van der Waals surface area contributed by atoms with Crippen LogP contribution in [0.15, 0.2) is 164 Å². The van der Waals surface area contributed by atoms with Gasteiger partial charge in [-0.25, -0.2) is 15.0 Å². The molecule has 1 aliphatic heterocycles. The van der Waals surface area contributed by atoms with Crippen LogP contribution in [-0.2, 0) is 5.41 Å². The van der Waals surface area contributed by atoms with Crippen LogP contribution in [0.5, 0.6) is 23.0 Å². The lowest BCUT2D eigenvalue weighted by Gasteiger charge is -2.26. The fourth-order valence-electron chi connectivity index (χ4n) is 7.73. The Morgan fingerprint density at radius 3 is 1.72 bits per heavy atom. The number of rotatable bonds is 5. The van der Waals surface area contributed by atoms with Gasteiger partial charge in [0.1, 0.15) is 0 Å². The summed E-state index contributed by atoms with van der Waals surface area (Å²) in [5.41, 5.74) is 11.5. The Hall–Kier alpha value is -6.85. The van der Waals surface area contributed by atoms with E-state index in [0.29, 0.717) is 34.7 Å². The molecule has 0 saturated heterocycles. The summed E-state index contributed by atoms with van der Waals surface area (Å²) in [6, 6.07) is 55.9. The summed E-state index contributed by atoms with van der Waals surface area (Å²) in [6.07, 6.45) is 0. The van der Waals surface area contributed by atoms with E-state index in [2.05, 4.69) is 117 Å². The van der Waals surface area contributed by atoms with Gasteiger partial charge < -0.3 is 9.47 Å². The highest BCUT2D eigenvalue weighted by Crippen LogP contribution is 2.56. The van der Waals surface area contributed by atoms with Gasteiger partial charge >= 0.3 is 0 Å². The predicted octanol–water partition coefficient (Wildman–Crippen LogP) is 12.4. The van der Waals surface area contributed by atoms with Crippen LogP contribution in [0.3, 0.4) is 0 Å². The lowest BCUT2D eigenvalue weighted by Crippen LogP contribution is -2.15. The average molecular weight is 684 g/mol. The molecule has 8 aromatic rings. The maximum Gasteiger partial charge on any atom is 0.177 e. The van der Waals surface area contributed by atoms with Gasteiger partial charge in [-0.05, 0) is 63.2 Å². The van der Waals surface area contributed by atoms with Gasteiger partial charge in [0.25, 0.3) is 0 Å². The molecule has 1 aromatic heterocycles. The van der Waals surface area contributed by atoms with Gasteiger partial charge in [0.15, 0.2) is 40.5 Å². The van der Waals surface area contributed by atoms with Crippen molar-refractivity contribution in [2.45, 2.75) is 19.3 Å². The zero-order chi connectivity index (χ0) is 35.5. The number of hydrogen-bond donors (Lipinski definition) is 0. The summed E-state index contributed by atoms with van der Waals surface area (Å²) in [5.74, 6) is 4.51. The Bertz CT molecular complexity index is 2700. The first-order valence-electron chi connectivity index (χ1n) is 17.9. The normalized spacial score (nSPS) is 13.2. The second kappa shape index (κ2) is 12.1. The minimum atomic E-state index is -0.143. The quantitative estimate of drug-likeness (QED) is 0.181. The minimum Gasteiger partial charge on any atom is -0.449 e. The van der Waals surface area contributed by atoms with Gasteiger partial charge in [-0.2, -0.15) is 0 Å². The van der Waals surface area contributed by atoms with Crippen LogP contribution in [0.25, 0.3) is 67.5 Å². The van der Waals surface area contributed by atoms with E-state index in [4.69, 9.17) is 24.4 Å². The fourth-order valence-corrected chi connectivity index (χ4v) is 7.73. The predicted molar refractivity (Wildman–Crippen MR) is 211 cm³/mol. The van der Waals surface area contributed by atoms with E-state index in [1.165, 1.54) is 22.3 Å². The summed E-state index contributed by atoms with van der Waals surface area (Å²) in [7, 11) is 0. The van der Waals surface area contributed by atoms with Gasteiger partial charge in [0.2, 0.25) is 0 Å². The molecule has 0 atom stereocenters. The number of hydrogen-bond acceptors (Lipinski definition) is 5. The minimum absolute atomic E-state index is 0.143. The molecule has 0 spiro atoms. The van der Waals surface area contributed by atoms with Crippen LogP contribution in [-0.4, -0.2) is 15.0 Å². The molecule has 2 aliphatic rings. The van der Waals surface area contributed by atoms with Gasteiger partial charge in [0.05, 0.1) is 0 Å². The number of benzene rings is 7. The monoisotopic (exact) mass is 683 g/mol. The molecule has 10 rings (SSSR count). The third-order valence-electron chi connectivity index (χ3n) is 10.4. The van der Waals surface area contributed by atoms with E-state index in [1.54, 1.807) is 0 Å². The summed E-state index contributed by atoms with van der Waals surface area (Å²) in [6.45, 7) is 4.54. The number of aromatic nitrogens is 3. The molecule has 0 saturated carbocycles. The number of nitrogens with zero attached hydrogens (tertiary/aromatic N) is 3. The van der Waals surface area contributed by atoms with E-state index in [0.717, 1.165) is 44.7 Å². The van der Waals surface area contributed by atoms with Gasteiger partial charge in [-0.1, -0.05) is 153 Å². The molecule has 0 unspecified atom stereocenters. The Morgan fingerprint density at radius 1 is 0.358 bits per heavy atom. The van der Waals surface area contributed by atoms with Crippen molar-refractivity contribution in [1.29, 1.82) is 0 Å². The summed E-state index contributed by atoms with van der Waals surface area (Å²) in [4.78, 5) is 15.3. The lowest BCUT2D eigenvalue weighted by molar-refractivity contribution is 0.360. The smallest absolute Gasteiger partial charge is 0.177 e. The van der Waals surface area contributed by atoms with E-state index in [9.17, 15) is 0 Å². The van der Waals surface area contributed by atoms with E-state index >= 15 is 0 Å². The SMILES string of the molecule is CC1(C)c2ccccc2-c2cc3c(cc21)Oc1cccc(-c2ccccc2-c2nc(-c4ccccc4)nc(-c4cccc(-c5ccccc5)c4)n2)c1O3. The summed E-state index contributed by atoms with van der Waals surface area (Å²) < 4.78 is 13.5. The van der Waals surface area contributed by atoms with E-state index in [-0.39, 0.29) is 5.41 Å². The summed E-state index contributed by atoms with van der Waals surface area (Å²) >= 11 is 0. The molecule has 5 nitrogen and oxygen atoms in total. The highest BCUT2D eigenvalue weighted by molar-refractivity contribution is 5.88. The topological polar surface area (TPSA) is 57.1 Å². The molecule has 0 fully saturated rings. The first-order valence-corrected chi connectivity index (χ1v) is 17.9. The van der Waals surface area contributed by atoms with Crippen LogP contribution < -0.4 is 9.47 Å². The molecule has 0 N–H and O–H groups in total. The van der Waals surface area contributed by atoms with Crippen molar-refractivity contribution in [3.05, 3.63) is 175 Å². The molecular weight excluding hydrogens is 651 g/mol. The molecule has 53 heavy (non-hydrogen) atoms. The van der Waals surface area contributed by atoms with Crippen molar-refractivity contribution in [2.24, 2.45) is 0 Å². The molecule has 2 heterocycles. The lowest BCUT2D eigenvalue weighted by atomic mass is 9.82. The molecule has 0 radical (unpaired) electrons. The second-order valence-electron chi connectivity index (χ2n) is 14.0. The molecule has 1 aliphatic carbocycles. The molecule has 252 valence electrons. The van der Waals surface area contributed by atoms with Crippen LogP contribution in [0.2, 0.25) is 0 Å². The van der Waals surface area contributed by atoms with Crippen molar-refractivity contribution in [2.75, 3.05) is 0 Å². The summed E-state index contributed by atoms with van der Waals surface area (Å²) in [5, 5.41) is 0. The third-order valence-corrected chi connectivity index (χ3v) is 10.4. The molecular formula is C48H33N3O2. The van der Waals surface area contributed by atoms with Crippen molar-refractivity contribution in [1.82, 2.24) is 15.0 Å². The van der Waals surface area contributed by atoms with Crippen LogP contribution in [0.1, 0.15) is 25.0 Å². The van der Waals surface area contributed by atoms with Crippen LogP contribution >= 0.6 is 0 Å². The van der Waals surface area contributed by atoms with Crippen molar-refractivity contribution < 1.29 is 9.47 Å². The second-order valence-corrected chi connectivity index (χ2v) is 14.0. The maximum atomic E-state index is 6.83.